The van der Waals surface area contributed by atoms with Crippen LogP contribution in [0.15, 0.2) is 36.5 Å². The molecule has 0 saturated heterocycles. The second kappa shape index (κ2) is 13.5. The Morgan fingerprint density at radius 2 is 1.67 bits per heavy atom. The molecule has 11 nitrogen and oxygen atoms in total. The highest BCUT2D eigenvalue weighted by molar-refractivity contribution is 7.46. The van der Waals surface area contributed by atoms with Gasteiger partial charge in [-0.15, -0.1) is 0 Å². The number of nitrogens with one attached hydrogen (secondary N) is 1. The number of rotatable bonds is 14. The Labute approximate surface area is 235 Å². The predicted octanol–water partition coefficient (Wildman–Crippen LogP) is 6.09. The average Bonchev–Trinajstić information content (AvgIpc) is 2.77. The number of aromatic nitrogens is 1. The molecule has 216 valence electrons. The molecule has 2 rings (SSSR count). The van der Waals surface area contributed by atoms with E-state index in [1.54, 1.807) is 0 Å². The van der Waals surface area contributed by atoms with Crippen LogP contribution in [0.1, 0.15) is 16.1 Å². The number of carbonyl (C=O) groups is 2. The summed E-state index contributed by atoms with van der Waals surface area (Å²) in [6.07, 6.45) is 0.788. The van der Waals surface area contributed by atoms with Gasteiger partial charge in [-0.25, -0.2) is 9.36 Å². The minimum Gasteiger partial charge on any atom is -0.404 e. The van der Waals surface area contributed by atoms with Crippen LogP contribution in [0.5, 0.6) is 5.75 Å². The zero-order chi connectivity index (χ0) is 29.5. The number of pyridine rings is 1. The third-order valence-electron chi connectivity index (χ3n) is 5.19. The Balaban J connectivity index is 2.62. The standard InChI is InChI=1S/C24H36ClN2O9PSi2/c1-38(2,3)14-12-33-24(34-13-15-39(4,5)6,19-16-18(25)9-10-22(19)36-37(30,31)32)35-23(29)27-20-8-7-11-26-21(20)17-28/h7-11,16-17H,12-15H2,1-6H3,(H,27,29)(H2,30,31,32). The molecular formula is C24H36ClN2O9PSi2. The Bertz CT molecular complexity index is 1180. The van der Waals surface area contributed by atoms with Gasteiger partial charge in [-0.3, -0.25) is 24.9 Å². The molecule has 3 N–H and O–H groups in total. The number of halogens is 1. The summed E-state index contributed by atoms with van der Waals surface area (Å²) in [6.45, 7) is 12.9. The Morgan fingerprint density at radius 3 is 2.18 bits per heavy atom. The van der Waals surface area contributed by atoms with Crippen LogP contribution in [0, 0.1) is 0 Å². The topological polar surface area (TPSA) is 154 Å². The van der Waals surface area contributed by atoms with Crippen LogP contribution in [0.4, 0.5) is 10.5 Å². The van der Waals surface area contributed by atoms with E-state index < -0.39 is 36.0 Å². The van der Waals surface area contributed by atoms with Gasteiger partial charge in [0.25, 0.3) is 0 Å². The van der Waals surface area contributed by atoms with Crippen LogP contribution < -0.4 is 9.84 Å². The number of phosphoric acid groups is 1. The highest BCUT2D eigenvalue weighted by atomic mass is 35.5. The Kier molecular flexibility index (Phi) is 11.5. The Morgan fingerprint density at radius 1 is 1.08 bits per heavy atom. The molecule has 0 aliphatic carbocycles. The van der Waals surface area contributed by atoms with Crippen molar-refractivity contribution in [1.82, 2.24) is 4.98 Å². The molecule has 0 aliphatic rings. The lowest BCUT2D eigenvalue weighted by Gasteiger charge is -2.35. The summed E-state index contributed by atoms with van der Waals surface area (Å²) < 4.78 is 34.8. The van der Waals surface area contributed by atoms with Crippen molar-refractivity contribution < 1.29 is 42.7 Å². The van der Waals surface area contributed by atoms with Crippen LogP contribution in [0.2, 0.25) is 56.4 Å². The lowest BCUT2D eigenvalue weighted by atomic mass is 10.1. The zero-order valence-electron chi connectivity index (χ0n) is 22.9. The van der Waals surface area contributed by atoms with Crippen molar-refractivity contribution in [2.24, 2.45) is 0 Å². The van der Waals surface area contributed by atoms with Gasteiger partial charge in [-0.1, -0.05) is 50.9 Å². The van der Waals surface area contributed by atoms with Gasteiger partial charge in [-0.2, -0.15) is 0 Å². The summed E-state index contributed by atoms with van der Waals surface area (Å²) in [5.41, 5.74) is -0.109. The van der Waals surface area contributed by atoms with E-state index in [1.165, 1.54) is 36.5 Å². The second-order valence-electron chi connectivity index (χ2n) is 11.2. The van der Waals surface area contributed by atoms with Gasteiger partial charge in [0.05, 0.1) is 24.5 Å². The van der Waals surface area contributed by atoms with Crippen LogP contribution in [-0.2, 0) is 24.7 Å². The van der Waals surface area contributed by atoms with Gasteiger partial charge in [0.15, 0.2) is 6.29 Å². The second-order valence-corrected chi connectivity index (χ2v) is 24.0. The number of ether oxygens (including phenoxy) is 3. The lowest BCUT2D eigenvalue weighted by Crippen LogP contribution is -2.42. The van der Waals surface area contributed by atoms with Crippen molar-refractivity contribution in [3.05, 3.63) is 52.8 Å². The van der Waals surface area contributed by atoms with E-state index in [1.807, 2.05) is 0 Å². The van der Waals surface area contributed by atoms with Gasteiger partial charge in [0.1, 0.15) is 11.4 Å². The molecule has 1 aromatic heterocycles. The van der Waals surface area contributed by atoms with Crippen molar-refractivity contribution in [2.45, 2.75) is 57.3 Å². The average molecular weight is 619 g/mol. The van der Waals surface area contributed by atoms with Gasteiger partial charge < -0.3 is 18.7 Å². The number of phosphoric ester groups is 1. The minimum atomic E-state index is -5.05. The molecule has 0 spiro atoms. The molecule has 0 atom stereocenters. The van der Waals surface area contributed by atoms with E-state index in [0.29, 0.717) is 18.4 Å². The van der Waals surface area contributed by atoms with Gasteiger partial charge in [0, 0.05) is 27.4 Å². The van der Waals surface area contributed by atoms with Gasteiger partial charge in [-0.05, 0) is 42.4 Å². The molecule has 0 fully saturated rings. The number of nitrogens with zero attached hydrogens (tertiary/aromatic N) is 1. The normalized spacial score (nSPS) is 12.6. The number of hydrogen-bond acceptors (Lipinski definition) is 8. The van der Waals surface area contributed by atoms with E-state index in [2.05, 4.69) is 49.6 Å². The number of amides is 1. The fraction of sp³-hybridized carbons (Fsp3) is 0.458. The van der Waals surface area contributed by atoms with Crippen molar-refractivity contribution >= 4 is 53.6 Å². The van der Waals surface area contributed by atoms with Gasteiger partial charge in [0.2, 0.25) is 0 Å². The van der Waals surface area contributed by atoms with Crippen molar-refractivity contribution in [1.29, 1.82) is 0 Å². The van der Waals surface area contributed by atoms with E-state index in [0.717, 1.165) is 0 Å². The van der Waals surface area contributed by atoms with Crippen LogP contribution in [0.25, 0.3) is 0 Å². The third kappa shape index (κ3) is 11.5. The summed E-state index contributed by atoms with van der Waals surface area (Å²) in [5.74, 6) is -2.65. The first kappa shape index (κ1) is 33.1. The maximum atomic E-state index is 13.2. The summed E-state index contributed by atoms with van der Waals surface area (Å²) in [5, 5.41) is 2.60. The zero-order valence-corrected chi connectivity index (χ0v) is 26.5. The molecule has 0 radical (unpaired) electrons. The molecular weight excluding hydrogens is 583 g/mol. The van der Waals surface area contributed by atoms with Gasteiger partial charge >= 0.3 is 19.9 Å². The first-order valence-electron chi connectivity index (χ1n) is 12.2. The molecule has 0 aliphatic heterocycles. The fourth-order valence-corrected chi connectivity index (χ4v) is 5.13. The number of aldehydes is 1. The number of benzene rings is 1. The lowest BCUT2D eigenvalue weighted by molar-refractivity contribution is -0.364. The molecule has 0 saturated carbocycles. The first-order valence-corrected chi connectivity index (χ1v) is 21.5. The largest absolute Gasteiger partial charge is 0.524 e. The van der Waals surface area contributed by atoms with E-state index >= 15 is 0 Å². The van der Waals surface area contributed by atoms with Crippen LogP contribution in [-0.4, -0.2) is 56.5 Å². The first-order chi connectivity index (χ1) is 17.9. The summed E-state index contributed by atoms with van der Waals surface area (Å²) in [6, 6.07) is 8.14. The molecule has 1 amide bonds. The monoisotopic (exact) mass is 618 g/mol. The highest BCUT2D eigenvalue weighted by Crippen LogP contribution is 2.45. The van der Waals surface area contributed by atoms with Crippen molar-refractivity contribution in [3.8, 4) is 5.75 Å². The molecule has 0 bridgehead atoms. The summed E-state index contributed by atoms with van der Waals surface area (Å²) in [7, 11) is -8.36. The highest BCUT2D eigenvalue weighted by Gasteiger charge is 2.44. The molecule has 1 heterocycles. The number of anilines is 1. The quantitative estimate of drug-likeness (QED) is 0.0981. The molecule has 0 unspecified atom stereocenters. The van der Waals surface area contributed by atoms with Crippen molar-refractivity contribution in [3.63, 3.8) is 0 Å². The molecule has 39 heavy (non-hydrogen) atoms. The summed E-state index contributed by atoms with van der Waals surface area (Å²) in [4.78, 5) is 47.6. The maximum absolute atomic E-state index is 13.2. The van der Waals surface area contributed by atoms with E-state index in [4.69, 9.17) is 30.3 Å². The number of hydrogen-bond donors (Lipinski definition) is 3. The minimum absolute atomic E-state index is 0.0346. The molecule has 15 heteroatoms. The number of carbonyl (C=O) groups excluding carboxylic acids is 2. The van der Waals surface area contributed by atoms with Crippen molar-refractivity contribution in [2.75, 3.05) is 18.5 Å². The van der Waals surface area contributed by atoms with Crippen LogP contribution >= 0.6 is 19.4 Å². The predicted molar refractivity (Wildman–Crippen MR) is 154 cm³/mol. The smallest absolute Gasteiger partial charge is 0.404 e. The molecule has 1 aromatic carbocycles. The molecule has 2 aromatic rings. The fourth-order valence-electron chi connectivity index (χ4n) is 3.12. The van der Waals surface area contributed by atoms with E-state index in [-0.39, 0.29) is 40.9 Å². The summed E-state index contributed by atoms with van der Waals surface area (Å²) >= 11 is 6.26. The SMILES string of the molecule is C[Si](C)(C)CCOC(OCC[Si](C)(C)C)(OC(=O)Nc1cccnc1C=O)c1cc(Cl)ccc1OP(=O)(O)O. The van der Waals surface area contributed by atoms with Crippen LogP contribution in [0.3, 0.4) is 0 Å². The maximum Gasteiger partial charge on any atom is 0.524 e. The third-order valence-corrected chi connectivity index (χ3v) is 9.27. The Hall–Kier alpha value is -2.10. The van der Waals surface area contributed by atoms with E-state index in [9.17, 15) is 23.9 Å².